The van der Waals surface area contributed by atoms with Gasteiger partial charge in [-0.2, -0.15) is 0 Å². The van der Waals surface area contributed by atoms with Gasteiger partial charge in [0.25, 0.3) is 0 Å². The molecule has 0 aliphatic carbocycles. The fraction of sp³-hybridized carbons (Fsp3) is 0. The predicted molar refractivity (Wildman–Crippen MR) is 31.5 cm³/mol. The summed E-state index contributed by atoms with van der Waals surface area (Å²) in [7, 11) is 8.42. The van der Waals surface area contributed by atoms with Crippen molar-refractivity contribution in [3.8, 4) is 0 Å². The molecule has 8 heavy (non-hydrogen) atoms. The second kappa shape index (κ2) is 72.4. The topological polar surface area (TPSA) is 0 Å². The van der Waals surface area contributed by atoms with E-state index in [-0.39, 0.29) is 42.1 Å². The first-order valence-electron chi connectivity index (χ1n) is 0.760. The summed E-state index contributed by atoms with van der Waals surface area (Å²) in [5.74, 6) is 0. The quantitative estimate of drug-likeness (QED) is 0.258. The minimum atomic E-state index is 0. The van der Waals surface area contributed by atoms with Gasteiger partial charge in [0.05, 0.1) is 0 Å². The Morgan fingerprint density at radius 1 is 0.875 bits per heavy atom. The van der Waals surface area contributed by atoms with Gasteiger partial charge < -0.3 is 23.3 Å². The SMILES string of the molecule is [Mo].[Mo].[S-]S.[S]=[Zn].[S]=[Zn]. The molecule has 0 spiro atoms. The Bertz CT molecular complexity index is 14.0. The van der Waals surface area contributed by atoms with Crippen LogP contribution in [0.15, 0.2) is 0 Å². The third kappa shape index (κ3) is 52.9. The van der Waals surface area contributed by atoms with Crippen molar-refractivity contribution in [2.75, 3.05) is 0 Å². The van der Waals surface area contributed by atoms with Crippen molar-refractivity contribution >= 4 is 43.5 Å². The fourth-order valence-corrected chi connectivity index (χ4v) is 0. The summed E-state index contributed by atoms with van der Waals surface area (Å²) >= 11 is 8.81. The molecule has 8 heteroatoms. The summed E-state index contributed by atoms with van der Waals surface area (Å²) in [6.45, 7) is 0. The standard InChI is InChI=1S/2Mo.H2S2.2S.2Zn/c;;1-2;;;;/h;;1-2H;;;;/p-1. The average molecular weight is 452 g/mol. The third-order valence-electron chi connectivity index (χ3n) is 0. The number of thiol groups is 1. The molecule has 0 amide bonds. The van der Waals surface area contributed by atoms with Gasteiger partial charge in [-0.3, -0.25) is 0 Å². The summed E-state index contributed by atoms with van der Waals surface area (Å²) in [5, 5.41) is 0. The molecular weight excluding hydrogens is 451 g/mol. The Morgan fingerprint density at radius 3 is 0.875 bits per heavy atom. The van der Waals surface area contributed by atoms with Crippen molar-refractivity contribution in [3.63, 3.8) is 0 Å². The van der Waals surface area contributed by atoms with Crippen molar-refractivity contribution in [3.05, 3.63) is 0 Å². The Morgan fingerprint density at radius 2 is 0.875 bits per heavy atom. The monoisotopic (exact) mass is 453 g/mol. The molecule has 0 nitrogen and oxygen atoms in total. The van der Waals surface area contributed by atoms with Crippen LogP contribution >= 0.6 is 31.9 Å². The Labute approximate surface area is 116 Å². The van der Waals surface area contributed by atoms with E-state index in [1.807, 2.05) is 0 Å². The molecule has 0 heterocycles. The van der Waals surface area contributed by atoms with Gasteiger partial charge in [0.15, 0.2) is 0 Å². The normalized spacial score (nSPS) is 2.25. The van der Waals surface area contributed by atoms with E-state index in [0.717, 1.165) is 33.1 Å². The van der Waals surface area contributed by atoms with Crippen molar-refractivity contribution in [1.29, 1.82) is 0 Å². The van der Waals surface area contributed by atoms with Crippen LogP contribution in [0.4, 0.5) is 0 Å². The molecule has 0 aliphatic rings. The van der Waals surface area contributed by atoms with E-state index in [0.29, 0.717) is 0 Å². The van der Waals surface area contributed by atoms with Crippen molar-refractivity contribution in [2.24, 2.45) is 0 Å². The van der Waals surface area contributed by atoms with Gasteiger partial charge in [0.2, 0.25) is 0 Å². The van der Waals surface area contributed by atoms with Crippen LogP contribution in [0.5, 0.6) is 0 Å². The zero-order valence-corrected chi connectivity index (χ0v) is 17.2. The van der Waals surface area contributed by atoms with Crippen molar-refractivity contribution in [2.45, 2.75) is 0 Å². The van der Waals surface area contributed by atoms with Gasteiger partial charge in [0.1, 0.15) is 0 Å². The second-order valence-corrected chi connectivity index (χ2v) is 0. The molecule has 0 aromatic carbocycles. The Kier molecular flexibility index (Phi) is 270. The zero-order valence-electron chi connectivity index (χ0n) is 3.90. The zero-order chi connectivity index (χ0) is 6.00. The molecule has 0 atom stereocenters. The molecule has 42 valence electrons. The summed E-state index contributed by atoms with van der Waals surface area (Å²) in [5.41, 5.74) is 0. The van der Waals surface area contributed by atoms with Crippen LogP contribution in [-0.2, 0) is 86.9 Å². The van der Waals surface area contributed by atoms with Crippen LogP contribution in [0.25, 0.3) is 0 Å². The predicted octanol–water partition coefficient (Wildman–Crippen LogP) is 1.66. The first-order valence-corrected chi connectivity index (χ1v) is 10.6. The number of rotatable bonds is 0. The first-order chi connectivity index (χ1) is 3.00. The van der Waals surface area contributed by atoms with Gasteiger partial charge in [-0.15, -0.1) is 0 Å². The van der Waals surface area contributed by atoms with E-state index in [1.54, 1.807) is 0 Å². The first kappa shape index (κ1) is 29.8. The number of hydrogen-bond acceptors (Lipinski definition) is 4. The molecule has 0 saturated carbocycles. The molecule has 0 N–H and O–H groups in total. The van der Waals surface area contributed by atoms with Crippen LogP contribution in [0.3, 0.4) is 0 Å². The summed E-state index contributed by atoms with van der Waals surface area (Å²) in [6, 6.07) is 0. The van der Waals surface area contributed by atoms with E-state index >= 15 is 0 Å². The van der Waals surface area contributed by atoms with Crippen LogP contribution in [0, 0.1) is 0 Å². The maximum absolute atomic E-state index is 4.21. The molecule has 0 fully saturated rings. The number of hydrogen-bond donors (Lipinski definition) is 1. The molecule has 0 aliphatic heterocycles. The Hall–Kier alpha value is 3.76. The molecule has 0 aromatic heterocycles. The molecular formula is HMo2S4Zn2-. The van der Waals surface area contributed by atoms with Crippen molar-refractivity contribution < 1.29 is 75.2 Å². The Balaban J connectivity index is -0.00000000500. The van der Waals surface area contributed by atoms with E-state index in [9.17, 15) is 0 Å². The van der Waals surface area contributed by atoms with Crippen LogP contribution in [0.1, 0.15) is 0 Å². The molecule has 0 unspecified atom stereocenters. The maximum atomic E-state index is 4.21. The van der Waals surface area contributed by atoms with E-state index in [1.165, 1.54) is 0 Å². The summed E-state index contributed by atoms with van der Waals surface area (Å²) < 4.78 is 0. The van der Waals surface area contributed by atoms with Crippen LogP contribution < -0.4 is 0 Å². The molecule has 0 bridgehead atoms. The van der Waals surface area contributed by atoms with Crippen LogP contribution in [-0.4, -0.2) is 0 Å². The molecule has 0 rings (SSSR count). The van der Waals surface area contributed by atoms with E-state index in [4.69, 9.17) is 0 Å². The molecule has 0 aromatic rings. The van der Waals surface area contributed by atoms with Gasteiger partial charge in [-0.25, -0.2) is 0 Å². The third-order valence-corrected chi connectivity index (χ3v) is 0. The van der Waals surface area contributed by atoms with Gasteiger partial charge in [-0.1, -0.05) is 0 Å². The van der Waals surface area contributed by atoms with E-state index < -0.39 is 0 Å². The van der Waals surface area contributed by atoms with Gasteiger partial charge in [0, 0.05) is 42.1 Å². The molecule has 0 radical (unpaired) electrons. The summed E-state index contributed by atoms with van der Waals surface area (Å²) in [4.78, 5) is 0. The van der Waals surface area contributed by atoms with Crippen molar-refractivity contribution in [1.82, 2.24) is 0 Å². The fourth-order valence-electron chi connectivity index (χ4n) is 0. The van der Waals surface area contributed by atoms with Gasteiger partial charge >= 0.3 is 53.3 Å². The minimum absolute atomic E-state index is 0. The molecule has 0 saturated heterocycles. The van der Waals surface area contributed by atoms with Gasteiger partial charge in [-0.05, 0) is 0 Å². The van der Waals surface area contributed by atoms with E-state index in [2.05, 4.69) is 43.5 Å². The van der Waals surface area contributed by atoms with Crippen LogP contribution in [0.2, 0.25) is 0 Å². The summed E-state index contributed by atoms with van der Waals surface area (Å²) in [6.07, 6.45) is 0. The second-order valence-electron chi connectivity index (χ2n) is 0. The average Bonchev–Trinajstić information content (AvgIpc) is 1.81.